The van der Waals surface area contributed by atoms with Crippen molar-refractivity contribution in [1.82, 2.24) is 0 Å². The molecule has 0 aromatic heterocycles. The lowest BCUT2D eigenvalue weighted by Gasteiger charge is -1.99. The molecule has 0 heterocycles. The number of hydrogen-bond donors (Lipinski definition) is 0. The van der Waals surface area contributed by atoms with Gasteiger partial charge in [-0.05, 0) is 32.1 Å². The summed E-state index contributed by atoms with van der Waals surface area (Å²) in [5, 5.41) is 0. The number of rotatable bonds is 2. The Hall–Kier alpha value is -0.520. The van der Waals surface area contributed by atoms with Gasteiger partial charge in [0.25, 0.3) is 0 Å². The zero-order valence-electron chi connectivity index (χ0n) is 6.01. The van der Waals surface area contributed by atoms with Gasteiger partial charge in [0, 0.05) is 0 Å². The van der Waals surface area contributed by atoms with Gasteiger partial charge in [0.05, 0.1) is 0 Å². The van der Waals surface area contributed by atoms with Crippen molar-refractivity contribution in [3.8, 4) is 0 Å². The zero-order valence-corrected chi connectivity index (χ0v) is 6.01. The predicted octanol–water partition coefficient (Wildman–Crippen LogP) is 2.92. The third kappa shape index (κ3) is 2.05. The summed E-state index contributed by atoms with van der Waals surface area (Å²) in [7, 11) is 0. The SMILES string of the molecule is CC=CCC1C=CCC1. The van der Waals surface area contributed by atoms with Crippen LogP contribution in [0.5, 0.6) is 0 Å². The van der Waals surface area contributed by atoms with Gasteiger partial charge in [0.1, 0.15) is 0 Å². The van der Waals surface area contributed by atoms with Crippen LogP contribution in [0.1, 0.15) is 26.2 Å². The average molecular weight is 122 g/mol. The Labute approximate surface area is 57.3 Å². The van der Waals surface area contributed by atoms with Crippen molar-refractivity contribution in [3.05, 3.63) is 24.3 Å². The summed E-state index contributed by atoms with van der Waals surface area (Å²) in [6, 6.07) is 0. The molecule has 0 bridgehead atoms. The lowest BCUT2D eigenvalue weighted by molar-refractivity contribution is 0.643. The molecule has 0 amide bonds. The number of allylic oxidation sites excluding steroid dienone is 4. The summed E-state index contributed by atoms with van der Waals surface area (Å²) in [6.07, 6.45) is 12.9. The monoisotopic (exact) mass is 122 g/mol. The second kappa shape index (κ2) is 3.49. The van der Waals surface area contributed by atoms with Crippen molar-refractivity contribution in [2.24, 2.45) is 5.92 Å². The largest absolute Gasteiger partial charge is 0.0916 e. The fourth-order valence-corrected chi connectivity index (χ4v) is 1.20. The molecule has 1 aliphatic carbocycles. The van der Waals surface area contributed by atoms with Crippen molar-refractivity contribution < 1.29 is 0 Å². The molecular formula is C9H14. The van der Waals surface area contributed by atoms with Crippen LogP contribution in [0.4, 0.5) is 0 Å². The minimum absolute atomic E-state index is 0.848. The highest BCUT2D eigenvalue weighted by molar-refractivity contribution is 4.99. The van der Waals surface area contributed by atoms with E-state index in [0.29, 0.717) is 0 Å². The van der Waals surface area contributed by atoms with Crippen LogP contribution in [0, 0.1) is 5.92 Å². The minimum Gasteiger partial charge on any atom is -0.0916 e. The lowest BCUT2D eigenvalue weighted by atomic mass is 10.1. The molecule has 0 saturated heterocycles. The Morgan fingerprint density at radius 1 is 1.67 bits per heavy atom. The van der Waals surface area contributed by atoms with Gasteiger partial charge >= 0.3 is 0 Å². The van der Waals surface area contributed by atoms with E-state index < -0.39 is 0 Å². The molecule has 0 N–H and O–H groups in total. The summed E-state index contributed by atoms with van der Waals surface area (Å²) in [5.74, 6) is 0.848. The van der Waals surface area contributed by atoms with E-state index in [1.807, 2.05) is 0 Å². The third-order valence-electron chi connectivity index (χ3n) is 1.79. The van der Waals surface area contributed by atoms with Crippen LogP contribution < -0.4 is 0 Å². The van der Waals surface area contributed by atoms with Gasteiger partial charge in [-0.3, -0.25) is 0 Å². The molecule has 0 fully saturated rings. The second-order valence-electron chi connectivity index (χ2n) is 2.57. The van der Waals surface area contributed by atoms with E-state index in [1.165, 1.54) is 19.3 Å². The smallest absolute Gasteiger partial charge is 0.0196 e. The predicted molar refractivity (Wildman–Crippen MR) is 41.3 cm³/mol. The van der Waals surface area contributed by atoms with Crippen LogP contribution in [0.25, 0.3) is 0 Å². The molecule has 0 aromatic carbocycles. The maximum atomic E-state index is 2.33. The normalized spacial score (nSPS) is 26.1. The van der Waals surface area contributed by atoms with E-state index in [4.69, 9.17) is 0 Å². The minimum atomic E-state index is 0.848. The summed E-state index contributed by atoms with van der Waals surface area (Å²) >= 11 is 0. The highest BCUT2D eigenvalue weighted by atomic mass is 14.1. The first-order chi connectivity index (χ1) is 4.43. The fraction of sp³-hybridized carbons (Fsp3) is 0.556. The first-order valence-electron chi connectivity index (χ1n) is 3.71. The number of hydrogen-bond acceptors (Lipinski definition) is 0. The van der Waals surface area contributed by atoms with Crippen LogP contribution in [-0.2, 0) is 0 Å². The molecule has 0 radical (unpaired) electrons. The van der Waals surface area contributed by atoms with Crippen molar-refractivity contribution in [3.63, 3.8) is 0 Å². The molecule has 1 aliphatic rings. The topological polar surface area (TPSA) is 0 Å². The van der Waals surface area contributed by atoms with Gasteiger partial charge in [0.2, 0.25) is 0 Å². The van der Waals surface area contributed by atoms with Gasteiger partial charge in [-0.25, -0.2) is 0 Å². The molecule has 0 aliphatic heterocycles. The molecule has 0 saturated carbocycles. The Morgan fingerprint density at radius 2 is 2.56 bits per heavy atom. The van der Waals surface area contributed by atoms with Gasteiger partial charge < -0.3 is 0 Å². The molecule has 0 aromatic rings. The van der Waals surface area contributed by atoms with Crippen molar-refractivity contribution in [2.45, 2.75) is 26.2 Å². The van der Waals surface area contributed by atoms with Gasteiger partial charge in [-0.1, -0.05) is 24.3 Å². The first kappa shape index (κ1) is 6.60. The van der Waals surface area contributed by atoms with Crippen molar-refractivity contribution in [1.29, 1.82) is 0 Å². The Balaban J connectivity index is 2.20. The average Bonchev–Trinajstić information content (AvgIpc) is 2.34. The van der Waals surface area contributed by atoms with E-state index in [-0.39, 0.29) is 0 Å². The van der Waals surface area contributed by atoms with Crippen molar-refractivity contribution in [2.75, 3.05) is 0 Å². The summed E-state index contributed by atoms with van der Waals surface area (Å²) in [4.78, 5) is 0. The molecule has 0 nitrogen and oxygen atoms in total. The highest BCUT2D eigenvalue weighted by Crippen LogP contribution is 2.20. The first-order valence-corrected chi connectivity index (χ1v) is 3.71. The van der Waals surface area contributed by atoms with E-state index in [9.17, 15) is 0 Å². The van der Waals surface area contributed by atoms with Crippen LogP contribution in [0.2, 0.25) is 0 Å². The van der Waals surface area contributed by atoms with Gasteiger partial charge in [-0.2, -0.15) is 0 Å². The second-order valence-corrected chi connectivity index (χ2v) is 2.57. The van der Waals surface area contributed by atoms with E-state index in [2.05, 4.69) is 31.2 Å². The highest BCUT2D eigenvalue weighted by Gasteiger charge is 2.05. The standard InChI is InChI=1S/C9H14/c1-2-3-6-9-7-4-5-8-9/h2-4,7,9H,5-6,8H2,1H3. The van der Waals surface area contributed by atoms with Gasteiger partial charge in [0.15, 0.2) is 0 Å². The van der Waals surface area contributed by atoms with Gasteiger partial charge in [-0.15, -0.1) is 0 Å². The van der Waals surface area contributed by atoms with E-state index >= 15 is 0 Å². The van der Waals surface area contributed by atoms with E-state index in [1.54, 1.807) is 0 Å². The molecule has 9 heavy (non-hydrogen) atoms. The molecule has 1 atom stereocenters. The van der Waals surface area contributed by atoms with Crippen LogP contribution in [-0.4, -0.2) is 0 Å². The third-order valence-corrected chi connectivity index (χ3v) is 1.79. The fourth-order valence-electron chi connectivity index (χ4n) is 1.20. The molecular weight excluding hydrogens is 108 g/mol. The maximum absolute atomic E-state index is 2.33. The summed E-state index contributed by atoms with van der Waals surface area (Å²) in [5.41, 5.74) is 0. The maximum Gasteiger partial charge on any atom is -0.0196 e. The lowest BCUT2D eigenvalue weighted by Crippen LogP contribution is -1.86. The zero-order chi connectivity index (χ0) is 6.53. The van der Waals surface area contributed by atoms with E-state index in [0.717, 1.165) is 5.92 Å². The van der Waals surface area contributed by atoms with Crippen molar-refractivity contribution >= 4 is 0 Å². The quantitative estimate of drug-likeness (QED) is 0.494. The molecule has 1 unspecified atom stereocenters. The molecule has 50 valence electrons. The Kier molecular flexibility index (Phi) is 2.56. The molecule has 0 heteroatoms. The Bertz CT molecular complexity index is 120. The van der Waals surface area contributed by atoms with Crippen LogP contribution in [0.3, 0.4) is 0 Å². The summed E-state index contributed by atoms with van der Waals surface area (Å²) < 4.78 is 0. The van der Waals surface area contributed by atoms with Crippen LogP contribution in [0.15, 0.2) is 24.3 Å². The Morgan fingerprint density at radius 3 is 3.11 bits per heavy atom. The van der Waals surface area contributed by atoms with Crippen LogP contribution >= 0.6 is 0 Å². The molecule has 0 spiro atoms. The summed E-state index contributed by atoms with van der Waals surface area (Å²) in [6.45, 7) is 2.08. The molecule has 1 rings (SSSR count).